The number of aromatic nitrogens is 1. The molecule has 19 heavy (non-hydrogen) atoms. The molecule has 0 saturated carbocycles. The molecule has 0 aliphatic carbocycles. The van der Waals surface area contributed by atoms with Gasteiger partial charge in [0, 0.05) is 25.7 Å². The summed E-state index contributed by atoms with van der Waals surface area (Å²) in [5, 5.41) is 3.35. The minimum Gasteiger partial charge on any atom is -0.368 e. The van der Waals surface area contributed by atoms with Crippen LogP contribution in [0.15, 0.2) is 18.3 Å². The smallest absolute Gasteiger partial charge is 0.219 e. The van der Waals surface area contributed by atoms with Crippen molar-refractivity contribution in [1.82, 2.24) is 9.88 Å². The van der Waals surface area contributed by atoms with Crippen molar-refractivity contribution in [3.63, 3.8) is 0 Å². The van der Waals surface area contributed by atoms with Crippen LogP contribution >= 0.6 is 0 Å². The van der Waals surface area contributed by atoms with Crippen molar-refractivity contribution in [2.45, 2.75) is 52.1 Å². The van der Waals surface area contributed by atoms with Crippen LogP contribution in [0.5, 0.6) is 0 Å². The lowest BCUT2D eigenvalue weighted by Crippen LogP contribution is -2.28. The minimum absolute atomic E-state index is 0.157. The van der Waals surface area contributed by atoms with Gasteiger partial charge in [-0.3, -0.25) is 4.79 Å². The predicted octanol–water partition coefficient (Wildman–Crippen LogP) is 2.98. The zero-order valence-electron chi connectivity index (χ0n) is 12.0. The van der Waals surface area contributed by atoms with Crippen LogP contribution in [-0.4, -0.2) is 28.4 Å². The second kappa shape index (κ2) is 6.04. The second-order valence-corrected chi connectivity index (χ2v) is 5.30. The molecule has 4 nitrogen and oxygen atoms in total. The van der Waals surface area contributed by atoms with Crippen molar-refractivity contribution in [3.05, 3.63) is 23.9 Å². The summed E-state index contributed by atoms with van der Waals surface area (Å²) in [5.74, 6) is 1.06. The molecule has 0 spiro atoms. The van der Waals surface area contributed by atoms with Crippen LogP contribution in [0.1, 0.15) is 51.6 Å². The lowest BCUT2D eigenvalue weighted by atomic mass is 10.1. The van der Waals surface area contributed by atoms with E-state index in [4.69, 9.17) is 0 Å². The van der Waals surface area contributed by atoms with Crippen molar-refractivity contribution >= 4 is 11.7 Å². The summed E-state index contributed by atoms with van der Waals surface area (Å²) in [6, 6.07) is 4.74. The molecule has 2 rings (SSSR count). The molecule has 2 heterocycles. The number of carbonyl (C=O) groups is 1. The molecule has 4 heteroatoms. The average Bonchev–Trinajstić information content (AvgIpc) is 2.89. The highest BCUT2D eigenvalue weighted by molar-refractivity contribution is 5.74. The Morgan fingerprint density at radius 1 is 1.58 bits per heavy atom. The summed E-state index contributed by atoms with van der Waals surface area (Å²) in [6.45, 7) is 6.80. The Labute approximate surface area is 115 Å². The number of rotatable bonds is 4. The van der Waals surface area contributed by atoms with E-state index in [0.717, 1.165) is 37.2 Å². The highest BCUT2D eigenvalue weighted by Gasteiger charge is 2.27. The van der Waals surface area contributed by atoms with Crippen molar-refractivity contribution in [2.24, 2.45) is 0 Å². The molecule has 1 N–H and O–H groups in total. The van der Waals surface area contributed by atoms with Gasteiger partial charge in [0.2, 0.25) is 5.91 Å². The molecule has 2 atom stereocenters. The standard InChI is InChI=1S/C15H23N3O/c1-4-11(2)17-15-8-7-13(10-16-15)14-6-5-9-18(14)12(3)19/h7-8,10-11,14H,4-6,9H2,1-3H3,(H,16,17)/t11-,14-/m0/s1. The van der Waals surface area contributed by atoms with Gasteiger partial charge in [-0.25, -0.2) is 4.98 Å². The first-order valence-electron chi connectivity index (χ1n) is 7.11. The zero-order chi connectivity index (χ0) is 13.8. The lowest BCUT2D eigenvalue weighted by molar-refractivity contribution is -0.129. The summed E-state index contributed by atoms with van der Waals surface area (Å²) in [6.07, 6.45) is 5.09. The summed E-state index contributed by atoms with van der Waals surface area (Å²) in [4.78, 5) is 18.0. The fourth-order valence-electron chi connectivity index (χ4n) is 2.53. The summed E-state index contributed by atoms with van der Waals surface area (Å²) < 4.78 is 0. The van der Waals surface area contributed by atoms with Crippen LogP contribution < -0.4 is 5.32 Å². The van der Waals surface area contributed by atoms with Gasteiger partial charge in [0.15, 0.2) is 0 Å². The van der Waals surface area contributed by atoms with Gasteiger partial charge in [-0.15, -0.1) is 0 Å². The van der Waals surface area contributed by atoms with E-state index in [-0.39, 0.29) is 11.9 Å². The van der Waals surface area contributed by atoms with Gasteiger partial charge in [0.1, 0.15) is 5.82 Å². The Morgan fingerprint density at radius 3 is 2.95 bits per heavy atom. The van der Waals surface area contributed by atoms with E-state index >= 15 is 0 Å². The maximum Gasteiger partial charge on any atom is 0.219 e. The first kappa shape index (κ1) is 13.8. The van der Waals surface area contributed by atoms with Crippen LogP contribution in [-0.2, 0) is 4.79 Å². The Hall–Kier alpha value is -1.58. The van der Waals surface area contributed by atoms with E-state index < -0.39 is 0 Å². The summed E-state index contributed by atoms with van der Waals surface area (Å²) in [5.41, 5.74) is 1.14. The van der Waals surface area contributed by atoms with Gasteiger partial charge in [-0.1, -0.05) is 13.0 Å². The molecule has 0 bridgehead atoms. The van der Waals surface area contributed by atoms with Crippen LogP contribution in [0.25, 0.3) is 0 Å². The van der Waals surface area contributed by atoms with Gasteiger partial charge in [0.25, 0.3) is 0 Å². The molecule has 104 valence electrons. The molecular weight excluding hydrogens is 238 g/mol. The van der Waals surface area contributed by atoms with Crippen LogP contribution in [0, 0.1) is 0 Å². The number of hydrogen-bond acceptors (Lipinski definition) is 3. The minimum atomic E-state index is 0.157. The van der Waals surface area contributed by atoms with E-state index in [1.54, 1.807) is 6.92 Å². The van der Waals surface area contributed by atoms with Crippen LogP contribution in [0.2, 0.25) is 0 Å². The largest absolute Gasteiger partial charge is 0.368 e. The number of hydrogen-bond donors (Lipinski definition) is 1. The van der Waals surface area contributed by atoms with Crippen LogP contribution in [0.4, 0.5) is 5.82 Å². The number of nitrogens with one attached hydrogen (secondary N) is 1. The maximum atomic E-state index is 11.6. The molecule has 1 aliphatic rings. The fraction of sp³-hybridized carbons (Fsp3) is 0.600. The first-order valence-corrected chi connectivity index (χ1v) is 7.11. The Morgan fingerprint density at radius 2 is 2.37 bits per heavy atom. The molecule has 0 radical (unpaired) electrons. The summed E-state index contributed by atoms with van der Waals surface area (Å²) >= 11 is 0. The van der Waals surface area contributed by atoms with Gasteiger partial charge in [-0.05, 0) is 37.8 Å². The van der Waals surface area contributed by atoms with E-state index in [1.165, 1.54) is 0 Å². The van der Waals surface area contributed by atoms with E-state index in [1.807, 2.05) is 17.2 Å². The number of amides is 1. The van der Waals surface area contributed by atoms with E-state index in [2.05, 4.69) is 30.2 Å². The summed E-state index contributed by atoms with van der Waals surface area (Å²) in [7, 11) is 0. The van der Waals surface area contributed by atoms with Crippen LogP contribution in [0.3, 0.4) is 0 Å². The van der Waals surface area contributed by atoms with E-state index in [0.29, 0.717) is 6.04 Å². The lowest BCUT2D eigenvalue weighted by Gasteiger charge is -2.23. The quantitative estimate of drug-likeness (QED) is 0.906. The van der Waals surface area contributed by atoms with Crippen molar-refractivity contribution in [3.8, 4) is 0 Å². The third kappa shape index (κ3) is 3.25. The molecular formula is C15H23N3O. The third-order valence-electron chi connectivity index (χ3n) is 3.84. The topological polar surface area (TPSA) is 45.2 Å². The highest BCUT2D eigenvalue weighted by Crippen LogP contribution is 2.31. The molecule has 0 aromatic carbocycles. The number of carbonyl (C=O) groups excluding carboxylic acids is 1. The van der Waals surface area contributed by atoms with Crippen molar-refractivity contribution in [1.29, 1.82) is 0 Å². The molecule has 1 saturated heterocycles. The monoisotopic (exact) mass is 261 g/mol. The van der Waals surface area contributed by atoms with Gasteiger partial charge >= 0.3 is 0 Å². The van der Waals surface area contributed by atoms with Gasteiger partial charge in [0.05, 0.1) is 6.04 Å². The normalized spacial score (nSPS) is 20.4. The van der Waals surface area contributed by atoms with Crippen molar-refractivity contribution in [2.75, 3.05) is 11.9 Å². The fourth-order valence-corrected chi connectivity index (χ4v) is 2.53. The molecule has 1 aromatic heterocycles. The number of nitrogens with zero attached hydrogens (tertiary/aromatic N) is 2. The van der Waals surface area contributed by atoms with Crippen molar-refractivity contribution < 1.29 is 4.79 Å². The first-order chi connectivity index (χ1) is 9.11. The van der Waals surface area contributed by atoms with E-state index in [9.17, 15) is 4.79 Å². The SMILES string of the molecule is CC[C@H](C)Nc1ccc([C@@H]2CCCN2C(C)=O)cn1. The predicted molar refractivity (Wildman–Crippen MR) is 77.0 cm³/mol. The third-order valence-corrected chi connectivity index (χ3v) is 3.84. The molecule has 1 fully saturated rings. The molecule has 1 aliphatic heterocycles. The molecule has 0 unspecified atom stereocenters. The number of likely N-dealkylation sites (tertiary alicyclic amines) is 1. The number of pyridine rings is 1. The Balaban J connectivity index is 2.07. The highest BCUT2D eigenvalue weighted by atomic mass is 16.2. The van der Waals surface area contributed by atoms with Gasteiger partial charge in [-0.2, -0.15) is 0 Å². The Kier molecular flexibility index (Phi) is 4.40. The molecule has 1 amide bonds. The Bertz CT molecular complexity index is 430. The molecule has 1 aromatic rings. The maximum absolute atomic E-state index is 11.6. The second-order valence-electron chi connectivity index (χ2n) is 5.30. The number of anilines is 1. The zero-order valence-corrected chi connectivity index (χ0v) is 12.0. The van der Waals surface area contributed by atoms with Gasteiger partial charge < -0.3 is 10.2 Å². The average molecular weight is 261 g/mol.